The predicted octanol–water partition coefficient (Wildman–Crippen LogP) is 2.46. The van der Waals surface area contributed by atoms with Crippen LogP contribution >= 0.6 is 0 Å². The molecule has 160 valence electrons. The number of carbonyl (C=O) groups is 2. The van der Waals surface area contributed by atoms with Crippen LogP contribution in [0, 0.1) is 12.7 Å². The van der Waals surface area contributed by atoms with Crippen LogP contribution in [0.4, 0.5) is 20.6 Å². The zero-order valence-corrected chi connectivity index (χ0v) is 17.2. The van der Waals surface area contributed by atoms with Gasteiger partial charge in [0.25, 0.3) is 0 Å². The number of rotatable bonds is 6. The standard InChI is InChI=1S/C21H26FN5O3/c1-15-3-4-18(12-23-15)24-21(29)25-19-10-16(9-17(22)11-19)13-26-5-7-27(8-6-26)20(28)14-30-2/h3-4,9-12H,5-8,13-14H2,1-2H3,(H2,24,25,29). The van der Waals surface area contributed by atoms with Gasteiger partial charge in [-0.25, -0.2) is 9.18 Å². The number of carbonyl (C=O) groups excluding carboxylic acids is 2. The summed E-state index contributed by atoms with van der Waals surface area (Å²) in [7, 11) is 1.50. The van der Waals surface area contributed by atoms with Crippen LogP contribution in [-0.2, 0) is 16.1 Å². The van der Waals surface area contributed by atoms with Crippen LogP contribution in [0.15, 0.2) is 36.5 Å². The van der Waals surface area contributed by atoms with E-state index >= 15 is 0 Å². The molecule has 2 heterocycles. The number of urea groups is 1. The Bertz CT molecular complexity index is 883. The minimum absolute atomic E-state index is 0.0239. The molecule has 8 nitrogen and oxygen atoms in total. The fraction of sp³-hybridized carbons (Fsp3) is 0.381. The number of benzene rings is 1. The van der Waals surface area contributed by atoms with Gasteiger partial charge in [0.1, 0.15) is 12.4 Å². The Morgan fingerprint density at radius 2 is 1.83 bits per heavy atom. The van der Waals surface area contributed by atoms with Crippen LogP contribution in [0.1, 0.15) is 11.3 Å². The molecule has 9 heteroatoms. The summed E-state index contributed by atoms with van der Waals surface area (Å²) in [5.74, 6) is -0.446. The van der Waals surface area contributed by atoms with Gasteiger partial charge in [-0.05, 0) is 42.8 Å². The molecule has 0 aliphatic carbocycles. The van der Waals surface area contributed by atoms with Crippen molar-refractivity contribution in [2.75, 3.05) is 50.5 Å². The lowest BCUT2D eigenvalue weighted by Gasteiger charge is -2.34. The lowest BCUT2D eigenvalue weighted by atomic mass is 10.1. The zero-order valence-electron chi connectivity index (χ0n) is 17.2. The first-order chi connectivity index (χ1) is 14.4. The second kappa shape index (κ2) is 10.1. The average molecular weight is 415 g/mol. The van der Waals surface area contributed by atoms with E-state index in [1.807, 2.05) is 6.92 Å². The Hall–Kier alpha value is -3.04. The predicted molar refractivity (Wildman–Crippen MR) is 112 cm³/mol. The number of nitrogens with one attached hydrogen (secondary N) is 2. The van der Waals surface area contributed by atoms with Crippen LogP contribution in [-0.4, -0.2) is 66.6 Å². The first kappa shape index (κ1) is 21.7. The third-order valence-electron chi connectivity index (χ3n) is 4.78. The molecule has 0 saturated carbocycles. The summed E-state index contributed by atoms with van der Waals surface area (Å²) >= 11 is 0. The largest absolute Gasteiger partial charge is 0.375 e. The van der Waals surface area contributed by atoms with E-state index in [0.29, 0.717) is 44.1 Å². The zero-order chi connectivity index (χ0) is 21.5. The van der Waals surface area contributed by atoms with Gasteiger partial charge < -0.3 is 20.3 Å². The second-order valence-corrected chi connectivity index (χ2v) is 7.21. The number of amides is 3. The molecule has 1 aliphatic heterocycles. The summed E-state index contributed by atoms with van der Waals surface area (Å²) in [5, 5.41) is 5.33. The average Bonchev–Trinajstić information content (AvgIpc) is 2.70. The fourth-order valence-corrected chi connectivity index (χ4v) is 3.28. The van der Waals surface area contributed by atoms with Gasteiger partial charge in [-0.1, -0.05) is 0 Å². The molecule has 1 aliphatic rings. The molecule has 3 rings (SSSR count). The number of ether oxygens (including phenoxy) is 1. The molecule has 1 saturated heterocycles. The summed E-state index contributed by atoms with van der Waals surface area (Å²) < 4.78 is 19.0. The maximum absolute atomic E-state index is 14.1. The summed E-state index contributed by atoms with van der Waals surface area (Å²) in [5.41, 5.74) is 2.52. The first-order valence-electron chi connectivity index (χ1n) is 9.72. The summed E-state index contributed by atoms with van der Waals surface area (Å²) in [6.07, 6.45) is 1.56. The topological polar surface area (TPSA) is 86.8 Å². The smallest absolute Gasteiger partial charge is 0.323 e. The number of methoxy groups -OCH3 is 1. The van der Waals surface area contributed by atoms with E-state index in [4.69, 9.17) is 4.74 Å². The Balaban J connectivity index is 1.55. The number of halogens is 1. The number of anilines is 2. The van der Waals surface area contributed by atoms with Crippen molar-refractivity contribution in [3.63, 3.8) is 0 Å². The summed E-state index contributed by atoms with van der Waals surface area (Å²) in [6, 6.07) is 7.54. The van der Waals surface area contributed by atoms with Crippen molar-refractivity contribution < 1.29 is 18.7 Å². The van der Waals surface area contributed by atoms with Crippen LogP contribution in [0.3, 0.4) is 0 Å². The van der Waals surface area contributed by atoms with E-state index in [1.165, 1.54) is 19.2 Å². The maximum atomic E-state index is 14.1. The highest BCUT2D eigenvalue weighted by Gasteiger charge is 2.21. The van der Waals surface area contributed by atoms with Crippen molar-refractivity contribution in [3.05, 3.63) is 53.6 Å². The van der Waals surface area contributed by atoms with Gasteiger partial charge in [0, 0.05) is 51.2 Å². The summed E-state index contributed by atoms with van der Waals surface area (Å²) in [4.78, 5) is 32.1. The van der Waals surface area contributed by atoms with Crippen molar-refractivity contribution in [3.8, 4) is 0 Å². The van der Waals surface area contributed by atoms with Crippen molar-refractivity contribution in [1.82, 2.24) is 14.8 Å². The minimum Gasteiger partial charge on any atom is -0.375 e. The van der Waals surface area contributed by atoms with Gasteiger partial charge in [-0.3, -0.25) is 14.7 Å². The van der Waals surface area contributed by atoms with Gasteiger partial charge >= 0.3 is 6.03 Å². The number of piperazine rings is 1. The van der Waals surface area contributed by atoms with E-state index < -0.39 is 11.8 Å². The summed E-state index contributed by atoms with van der Waals surface area (Å²) in [6.45, 7) is 5.06. The lowest BCUT2D eigenvalue weighted by Crippen LogP contribution is -2.49. The van der Waals surface area contributed by atoms with Gasteiger partial charge in [-0.2, -0.15) is 0 Å². The van der Waals surface area contributed by atoms with Gasteiger partial charge in [0.2, 0.25) is 5.91 Å². The normalized spacial score (nSPS) is 14.4. The van der Waals surface area contributed by atoms with Crippen molar-refractivity contribution in [1.29, 1.82) is 0 Å². The molecule has 1 aromatic heterocycles. The Morgan fingerprint density at radius 1 is 1.10 bits per heavy atom. The third-order valence-corrected chi connectivity index (χ3v) is 4.78. The van der Waals surface area contributed by atoms with Crippen LogP contribution < -0.4 is 10.6 Å². The van der Waals surface area contributed by atoms with E-state index in [-0.39, 0.29) is 12.5 Å². The molecule has 0 atom stereocenters. The number of hydrogen-bond donors (Lipinski definition) is 2. The van der Waals surface area contributed by atoms with E-state index in [2.05, 4.69) is 20.5 Å². The van der Waals surface area contributed by atoms with Crippen molar-refractivity contribution >= 4 is 23.3 Å². The number of aryl methyl sites for hydroxylation is 1. The molecular weight excluding hydrogens is 389 g/mol. The number of hydrogen-bond acceptors (Lipinski definition) is 5. The molecule has 30 heavy (non-hydrogen) atoms. The Labute approximate surface area is 175 Å². The molecule has 3 amide bonds. The number of aromatic nitrogens is 1. The SMILES string of the molecule is COCC(=O)N1CCN(Cc2cc(F)cc(NC(=O)Nc3ccc(C)nc3)c2)CC1. The fourth-order valence-electron chi connectivity index (χ4n) is 3.28. The first-order valence-corrected chi connectivity index (χ1v) is 9.72. The number of pyridine rings is 1. The lowest BCUT2D eigenvalue weighted by molar-refractivity contribution is -0.136. The molecule has 1 aromatic carbocycles. The molecule has 2 N–H and O–H groups in total. The molecule has 1 fully saturated rings. The molecule has 0 bridgehead atoms. The van der Waals surface area contributed by atoms with Crippen molar-refractivity contribution in [2.45, 2.75) is 13.5 Å². The highest BCUT2D eigenvalue weighted by atomic mass is 19.1. The van der Waals surface area contributed by atoms with E-state index in [0.717, 1.165) is 11.3 Å². The van der Waals surface area contributed by atoms with Gasteiger partial charge in [0.05, 0.1) is 11.9 Å². The Kier molecular flexibility index (Phi) is 7.31. The molecule has 0 radical (unpaired) electrons. The van der Waals surface area contributed by atoms with E-state index in [1.54, 1.807) is 29.3 Å². The molecule has 0 unspecified atom stereocenters. The maximum Gasteiger partial charge on any atom is 0.323 e. The molecule has 2 aromatic rings. The quantitative estimate of drug-likeness (QED) is 0.757. The third kappa shape index (κ3) is 6.23. The van der Waals surface area contributed by atoms with Gasteiger partial charge in [-0.15, -0.1) is 0 Å². The van der Waals surface area contributed by atoms with Crippen LogP contribution in [0.2, 0.25) is 0 Å². The molecular formula is C21H26FN5O3. The van der Waals surface area contributed by atoms with Crippen LogP contribution in [0.5, 0.6) is 0 Å². The van der Waals surface area contributed by atoms with E-state index in [9.17, 15) is 14.0 Å². The highest BCUT2D eigenvalue weighted by molar-refractivity contribution is 5.99. The van der Waals surface area contributed by atoms with Gasteiger partial charge in [0.15, 0.2) is 0 Å². The molecule has 0 spiro atoms. The van der Waals surface area contributed by atoms with Crippen molar-refractivity contribution in [2.24, 2.45) is 0 Å². The van der Waals surface area contributed by atoms with Crippen LogP contribution in [0.25, 0.3) is 0 Å². The number of nitrogens with zero attached hydrogens (tertiary/aromatic N) is 3. The monoisotopic (exact) mass is 415 g/mol. The minimum atomic E-state index is -0.470. The second-order valence-electron chi connectivity index (χ2n) is 7.21. The highest BCUT2D eigenvalue weighted by Crippen LogP contribution is 2.17. The Morgan fingerprint density at radius 3 is 2.50 bits per heavy atom.